The number of halogens is 2. The van der Waals surface area contributed by atoms with Gasteiger partial charge in [-0.25, -0.2) is 13.6 Å². The number of ether oxygens (including phenoxy) is 2. The van der Waals surface area contributed by atoms with Crippen LogP contribution in [0.2, 0.25) is 0 Å². The van der Waals surface area contributed by atoms with Crippen LogP contribution in [0.4, 0.5) is 20.2 Å². The second-order valence-electron chi connectivity index (χ2n) is 5.66. The lowest BCUT2D eigenvalue weighted by molar-refractivity contribution is 0.0594. The Hall–Kier alpha value is -3.55. The molecule has 0 amide bonds. The zero-order valence-corrected chi connectivity index (χ0v) is 15.2. The molecular formula is C20H17F2N3O3. The summed E-state index contributed by atoms with van der Waals surface area (Å²) < 4.78 is 38.3. The number of aromatic nitrogens is 2. The van der Waals surface area contributed by atoms with E-state index in [2.05, 4.69) is 15.5 Å². The Bertz CT molecular complexity index is 974. The molecule has 0 radical (unpaired) electrons. The number of hydrogen-bond donors (Lipinski definition) is 1. The van der Waals surface area contributed by atoms with Crippen molar-refractivity contribution >= 4 is 17.3 Å². The van der Waals surface area contributed by atoms with E-state index in [4.69, 9.17) is 9.47 Å². The fourth-order valence-corrected chi connectivity index (χ4v) is 2.56. The number of methoxy groups -OCH3 is 1. The number of esters is 1. The van der Waals surface area contributed by atoms with Crippen LogP contribution in [0, 0.1) is 11.6 Å². The number of benzene rings is 2. The number of nitrogens with one attached hydrogen (secondary N) is 1. The molecule has 0 saturated carbocycles. The van der Waals surface area contributed by atoms with Gasteiger partial charge < -0.3 is 14.8 Å². The molecule has 3 aromatic rings. The molecule has 2 aromatic carbocycles. The van der Waals surface area contributed by atoms with E-state index in [0.717, 1.165) is 12.1 Å². The van der Waals surface area contributed by atoms with Crippen molar-refractivity contribution in [2.45, 2.75) is 6.92 Å². The molecule has 8 heteroatoms. The maximum atomic E-state index is 14.1. The number of nitrogens with zero attached hydrogens (tertiary/aromatic N) is 2. The van der Waals surface area contributed by atoms with Crippen LogP contribution in [-0.4, -0.2) is 29.9 Å². The molecule has 0 aliphatic carbocycles. The third-order valence-electron chi connectivity index (χ3n) is 3.84. The number of hydrogen-bond acceptors (Lipinski definition) is 6. The molecule has 28 heavy (non-hydrogen) atoms. The molecule has 1 heterocycles. The molecule has 1 aromatic heterocycles. The normalized spacial score (nSPS) is 10.4. The van der Waals surface area contributed by atoms with Crippen LogP contribution >= 0.6 is 0 Å². The van der Waals surface area contributed by atoms with Crippen LogP contribution < -0.4 is 10.1 Å². The Morgan fingerprint density at radius 2 is 1.75 bits per heavy atom. The smallest absolute Gasteiger partial charge is 0.360 e. The summed E-state index contributed by atoms with van der Waals surface area (Å²) >= 11 is 0. The molecular weight excluding hydrogens is 368 g/mol. The lowest BCUT2D eigenvalue weighted by atomic mass is 10.1. The molecule has 144 valence electrons. The van der Waals surface area contributed by atoms with Gasteiger partial charge in [-0.3, -0.25) is 0 Å². The SMILES string of the molecule is CCOc1ccc(Nc2cc(-c3c(F)cccc3F)nnc2C(=O)OC)cc1. The van der Waals surface area contributed by atoms with Crippen LogP contribution in [0.5, 0.6) is 5.75 Å². The van der Waals surface area contributed by atoms with Crippen molar-refractivity contribution in [1.29, 1.82) is 0 Å². The van der Waals surface area contributed by atoms with Crippen LogP contribution in [-0.2, 0) is 4.74 Å². The number of rotatable bonds is 6. The van der Waals surface area contributed by atoms with Crippen molar-refractivity contribution in [1.82, 2.24) is 10.2 Å². The van der Waals surface area contributed by atoms with Gasteiger partial charge in [0.05, 0.1) is 25.0 Å². The van der Waals surface area contributed by atoms with Crippen molar-refractivity contribution < 1.29 is 23.0 Å². The number of carbonyl (C=O) groups excluding carboxylic acids is 1. The summed E-state index contributed by atoms with van der Waals surface area (Å²) in [4.78, 5) is 12.0. The van der Waals surface area contributed by atoms with Gasteiger partial charge in [-0.1, -0.05) is 6.07 Å². The van der Waals surface area contributed by atoms with Crippen LogP contribution in [0.25, 0.3) is 11.3 Å². The summed E-state index contributed by atoms with van der Waals surface area (Å²) in [6.07, 6.45) is 0. The highest BCUT2D eigenvalue weighted by Gasteiger charge is 2.20. The quantitative estimate of drug-likeness (QED) is 0.636. The minimum atomic E-state index is -0.785. The highest BCUT2D eigenvalue weighted by molar-refractivity contribution is 5.94. The summed E-state index contributed by atoms with van der Waals surface area (Å²) in [5, 5.41) is 10.6. The van der Waals surface area contributed by atoms with Gasteiger partial charge in [-0.2, -0.15) is 0 Å². The molecule has 1 N–H and O–H groups in total. The second-order valence-corrected chi connectivity index (χ2v) is 5.66. The van der Waals surface area contributed by atoms with E-state index in [9.17, 15) is 13.6 Å². The van der Waals surface area contributed by atoms with Crippen LogP contribution in [0.3, 0.4) is 0 Å². The fourth-order valence-electron chi connectivity index (χ4n) is 2.56. The average Bonchev–Trinajstić information content (AvgIpc) is 2.69. The first kappa shape index (κ1) is 19.2. The monoisotopic (exact) mass is 385 g/mol. The summed E-state index contributed by atoms with van der Waals surface area (Å²) in [6, 6.07) is 11.8. The molecule has 6 nitrogen and oxygen atoms in total. The standard InChI is InChI=1S/C20H17F2N3O3/c1-3-28-13-9-7-12(8-10-13)23-17-11-16(24-25-19(17)20(26)27-2)18-14(21)5-4-6-15(18)22/h4-11H,3H2,1-2H3,(H,23,24). The van der Waals surface area contributed by atoms with Crippen molar-refractivity contribution in [3.05, 3.63) is 65.9 Å². The van der Waals surface area contributed by atoms with E-state index in [1.54, 1.807) is 24.3 Å². The van der Waals surface area contributed by atoms with E-state index in [1.165, 1.54) is 19.2 Å². The molecule has 0 aliphatic heterocycles. The van der Waals surface area contributed by atoms with Gasteiger partial charge in [0.1, 0.15) is 23.1 Å². The Kier molecular flexibility index (Phi) is 5.78. The molecule has 0 spiro atoms. The third-order valence-corrected chi connectivity index (χ3v) is 3.84. The molecule has 0 saturated heterocycles. The second kappa shape index (κ2) is 8.43. The lowest BCUT2D eigenvalue weighted by Crippen LogP contribution is -2.10. The highest BCUT2D eigenvalue weighted by atomic mass is 19.1. The Morgan fingerprint density at radius 1 is 1.07 bits per heavy atom. The molecule has 3 rings (SSSR count). The Morgan fingerprint density at radius 3 is 2.36 bits per heavy atom. The zero-order valence-electron chi connectivity index (χ0n) is 15.2. The van der Waals surface area contributed by atoms with Crippen molar-refractivity contribution in [2.75, 3.05) is 19.0 Å². The van der Waals surface area contributed by atoms with Gasteiger partial charge in [0.2, 0.25) is 0 Å². The molecule has 0 fully saturated rings. The zero-order chi connectivity index (χ0) is 20.1. The Labute approximate surface area is 160 Å². The molecule has 0 unspecified atom stereocenters. The lowest BCUT2D eigenvalue weighted by Gasteiger charge is -2.12. The van der Waals surface area contributed by atoms with Crippen LogP contribution in [0.15, 0.2) is 48.5 Å². The van der Waals surface area contributed by atoms with E-state index >= 15 is 0 Å². The molecule has 0 atom stereocenters. The van der Waals surface area contributed by atoms with E-state index in [0.29, 0.717) is 18.0 Å². The average molecular weight is 385 g/mol. The predicted molar refractivity (Wildman–Crippen MR) is 99.6 cm³/mol. The topological polar surface area (TPSA) is 73.3 Å². The first-order valence-corrected chi connectivity index (χ1v) is 8.43. The van der Waals surface area contributed by atoms with Gasteiger partial charge in [-0.15, -0.1) is 10.2 Å². The maximum Gasteiger partial charge on any atom is 0.360 e. The van der Waals surface area contributed by atoms with Crippen molar-refractivity contribution in [3.63, 3.8) is 0 Å². The summed E-state index contributed by atoms with van der Waals surface area (Å²) in [6.45, 7) is 2.41. The fraction of sp³-hybridized carbons (Fsp3) is 0.150. The van der Waals surface area contributed by atoms with E-state index in [1.807, 2.05) is 6.92 Å². The third kappa shape index (κ3) is 4.06. The summed E-state index contributed by atoms with van der Waals surface area (Å²) in [5.41, 5.74) is 0.306. The van der Waals surface area contributed by atoms with Crippen molar-refractivity contribution in [2.24, 2.45) is 0 Å². The van der Waals surface area contributed by atoms with Gasteiger partial charge >= 0.3 is 5.97 Å². The Balaban J connectivity index is 2.02. The van der Waals surface area contributed by atoms with Gasteiger partial charge in [-0.05, 0) is 49.4 Å². The van der Waals surface area contributed by atoms with Gasteiger partial charge in [0, 0.05) is 5.69 Å². The van der Waals surface area contributed by atoms with Crippen LogP contribution in [0.1, 0.15) is 17.4 Å². The molecule has 0 bridgehead atoms. The minimum absolute atomic E-state index is 0.0586. The first-order chi connectivity index (χ1) is 13.5. The van der Waals surface area contributed by atoms with E-state index < -0.39 is 17.6 Å². The number of anilines is 2. The largest absolute Gasteiger partial charge is 0.494 e. The van der Waals surface area contributed by atoms with Gasteiger partial charge in [0.15, 0.2) is 5.69 Å². The maximum absolute atomic E-state index is 14.1. The van der Waals surface area contributed by atoms with Crippen molar-refractivity contribution in [3.8, 4) is 17.0 Å². The first-order valence-electron chi connectivity index (χ1n) is 8.43. The summed E-state index contributed by atoms with van der Waals surface area (Å²) in [5.74, 6) is -1.62. The molecule has 0 aliphatic rings. The number of carbonyl (C=O) groups is 1. The highest BCUT2D eigenvalue weighted by Crippen LogP contribution is 2.29. The predicted octanol–water partition coefficient (Wildman–Crippen LogP) is 4.35. The summed E-state index contributed by atoms with van der Waals surface area (Å²) in [7, 11) is 1.20. The van der Waals surface area contributed by atoms with Gasteiger partial charge in [0.25, 0.3) is 0 Å². The minimum Gasteiger partial charge on any atom is -0.494 e. The van der Waals surface area contributed by atoms with E-state index in [-0.39, 0.29) is 22.6 Å².